The Hall–Kier alpha value is -1.02. The predicted molar refractivity (Wildman–Crippen MR) is 76.6 cm³/mol. The van der Waals surface area contributed by atoms with E-state index < -0.39 is 0 Å². The van der Waals surface area contributed by atoms with Gasteiger partial charge in [0.2, 0.25) is 0 Å². The summed E-state index contributed by atoms with van der Waals surface area (Å²) in [6, 6.07) is 6.62. The zero-order valence-corrected chi connectivity index (χ0v) is 11.9. The molecule has 1 rings (SSSR count). The fourth-order valence-corrected chi connectivity index (χ4v) is 2.43. The minimum Gasteiger partial charge on any atom is -0.374 e. The Labute approximate surface area is 106 Å². The van der Waals surface area contributed by atoms with E-state index in [-0.39, 0.29) is 5.41 Å². The van der Waals surface area contributed by atoms with Gasteiger partial charge in [0.05, 0.1) is 0 Å². The second kappa shape index (κ2) is 5.54. The highest BCUT2D eigenvalue weighted by atomic mass is 15.1. The smallest absolute Gasteiger partial charge is 0.0393 e. The maximum Gasteiger partial charge on any atom is 0.0393 e. The molecule has 2 heteroatoms. The van der Waals surface area contributed by atoms with Crippen LogP contribution in [0.3, 0.4) is 0 Å². The Balaban J connectivity index is 2.79. The number of aryl methyl sites for hydroxylation is 2. The molecule has 0 saturated carbocycles. The summed E-state index contributed by atoms with van der Waals surface area (Å²) >= 11 is 0. The summed E-state index contributed by atoms with van der Waals surface area (Å²) in [7, 11) is 2.16. The van der Waals surface area contributed by atoms with Crippen molar-refractivity contribution >= 4 is 5.69 Å². The Morgan fingerprint density at radius 1 is 1.24 bits per heavy atom. The van der Waals surface area contributed by atoms with Crippen LogP contribution >= 0.6 is 0 Å². The van der Waals surface area contributed by atoms with E-state index in [2.05, 4.69) is 57.8 Å². The molecule has 0 bridgehead atoms. The second-order valence-corrected chi connectivity index (χ2v) is 5.85. The second-order valence-electron chi connectivity index (χ2n) is 5.85. The highest BCUT2D eigenvalue weighted by Crippen LogP contribution is 2.26. The molecule has 0 aliphatic rings. The molecule has 0 amide bonds. The molecule has 1 aromatic rings. The Morgan fingerprint density at radius 3 is 2.41 bits per heavy atom. The summed E-state index contributed by atoms with van der Waals surface area (Å²) < 4.78 is 0. The molecule has 0 aliphatic carbocycles. The quantitative estimate of drug-likeness (QED) is 0.848. The van der Waals surface area contributed by atoms with Crippen molar-refractivity contribution in [3.63, 3.8) is 0 Å². The molecular weight excluding hydrogens is 208 g/mol. The van der Waals surface area contributed by atoms with Crippen LogP contribution in [-0.4, -0.2) is 20.1 Å². The predicted octanol–water partition coefficient (Wildman–Crippen LogP) is 3.11. The molecule has 0 aromatic heterocycles. The third kappa shape index (κ3) is 4.04. The lowest BCUT2D eigenvalue weighted by atomic mass is 9.88. The van der Waals surface area contributed by atoms with Crippen LogP contribution in [0.4, 0.5) is 5.69 Å². The average molecular weight is 234 g/mol. The molecule has 1 aromatic carbocycles. The fraction of sp³-hybridized carbons (Fsp3) is 0.600. The van der Waals surface area contributed by atoms with E-state index in [9.17, 15) is 0 Å². The average Bonchev–Trinajstić information content (AvgIpc) is 2.15. The van der Waals surface area contributed by atoms with E-state index in [1.807, 2.05) is 0 Å². The Morgan fingerprint density at radius 2 is 1.88 bits per heavy atom. The van der Waals surface area contributed by atoms with E-state index in [4.69, 9.17) is 5.73 Å². The SMILES string of the molecule is Cc1ccc(N(C)CC(C)(C)CCN)c(C)c1. The third-order valence-corrected chi connectivity index (χ3v) is 3.25. The molecule has 0 aliphatic heterocycles. The van der Waals surface area contributed by atoms with Crippen molar-refractivity contribution in [3.8, 4) is 0 Å². The van der Waals surface area contributed by atoms with Crippen molar-refractivity contribution in [1.82, 2.24) is 0 Å². The molecule has 0 saturated heterocycles. The van der Waals surface area contributed by atoms with Gasteiger partial charge in [-0.2, -0.15) is 0 Å². The van der Waals surface area contributed by atoms with E-state index in [0.29, 0.717) is 0 Å². The molecule has 0 unspecified atom stereocenters. The summed E-state index contributed by atoms with van der Waals surface area (Å²) in [5.74, 6) is 0. The van der Waals surface area contributed by atoms with Gasteiger partial charge in [0.15, 0.2) is 0 Å². The van der Waals surface area contributed by atoms with Crippen LogP contribution in [0.1, 0.15) is 31.4 Å². The number of nitrogens with two attached hydrogens (primary N) is 1. The Bertz CT molecular complexity index is 369. The summed E-state index contributed by atoms with van der Waals surface area (Å²) in [4.78, 5) is 2.34. The van der Waals surface area contributed by atoms with Crippen LogP contribution in [0.15, 0.2) is 18.2 Å². The van der Waals surface area contributed by atoms with Gasteiger partial charge in [-0.05, 0) is 43.9 Å². The van der Waals surface area contributed by atoms with Gasteiger partial charge in [-0.3, -0.25) is 0 Å². The van der Waals surface area contributed by atoms with Crippen molar-refractivity contribution < 1.29 is 0 Å². The highest BCUT2D eigenvalue weighted by molar-refractivity contribution is 5.53. The van der Waals surface area contributed by atoms with Gasteiger partial charge in [-0.1, -0.05) is 31.5 Å². The van der Waals surface area contributed by atoms with Crippen LogP contribution < -0.4 is 10.6 Å². The van der Waals surface area contributed by atoms with E-state index in [1.165, 1.54) is 16.8 Å². The molecule has 0 heterocycles. The van der Waals surface area contributed by atoms with Gasteiger partial charge in [0.1, 0.15) is 0 Å². The zero-order chi connectivity index (χ0) is 13.1. The lowest BCUT2D eigenvalue weighted by Gasteiger charge is -2.32. The first-order chi connectivity index (χ1) is 7.85. The lowest BCUT2D eigenvalue weighted by Crippen LogP contribution is -2.33. The van der Waals surface area contributed by atoms with Crippen molar-refractivity contribution in [1.29, 1.82) is 0 Å². The third-order valence-electron chi connectivity index (χ3n) is 3.25. The molecule has 0 fully saturated rings. The molecule has 2 N–H and O–H groups in total. The maximum absolute atomic E-state index is 5.66. The topological polar surface area (TPSA) is 29.3 Å². The van der Waals surface area contributed by atoms with Crippen LogP contribution in [0, 0.1) is 19.3 Å². The van der Waals surface area contributed by atoms with Gasteiger partial charge < -0.3 is 10.6 Å². The van der Waals surface area contributed by atoms with Crippen molar-refractivity contribution in [2.75, 3.05) is 25.0 Å². The number of anilines is 1. The standard InChI is InChI=1S/C15H26N2/c1-12-6-7-14(13(2)10-12)17(5)11-15(3,4)8-9-16/h6-7,10H,8-9,11,16H2,1-5H3. The first kappa shape index (κ1) is 14.0. The maximum atomic E-state index is 5.66. The number of hydrogen-bond donors (Lipinski definition) is 1. The van der Waals surface area contributed by atoms with Gasteiger partial charge in [0, 0.05) is 19.3 Å². The molecular formula is C15H26N2. The van der Waals surface area contributed by atoms with Crippen LogP contribution in [-0.2, 0) is 0 Å². The number of rotatable bonds is 5. The van der Waals surface area contributed by atoms with E-state index in [0.717, 1.165) is 19.5 Å². The van der Waals surface area contributed by atoms with Crippen LogP contribution in [0.5, 0.6) is 0 Å². The Kier molecular flexibility index (Phi) is 4.58. The number of nitrogens with zero attached hydrogens (tertiary/aromatic N) is 1. The molecule has 0 spiro atoms. The van der Waals surface area contributed by atoms with Crippen LogP contribution in [0.25, 0.3) is 0 Å². The van der Waals surface area contributed by atoms with E-state index in [1.54, 1.807) is 0 Å². The minimum atomic E-state index is 0.265. The highest BCUT2D eigenvalue weighted by Gasteiger charge is 2.20. The molecule has 17 heavy (non-hydrogen) atoms. The largest absolute Gasteiger partial charge is 0.374 e. The van der Waals surface area contributed by atoms with Crippen molar-refractivity contribution in [2.24, 2.45) is 11.1 Å². The first-order valence-corrected chi connectivity index (χ1v) is 6.34. The fourth-order valence-electron chi connectivity index (χ4n) is 2.43. The summed E-state index contributed by atoms with van der Waals surface area (Å²) in [6.45, 7) is 10.7. The molecule has 2 nitrogen and oxygen atoms in total. The lowest BCUT2D eigenvalue weighted by molar-refractivity contribution is 0.347. The summed E-state index contributed by atoms with van der Waals surface area (Å²) in [5, 5.41) is 0. The zero-order valence-electron chi connectivity index (χ0n) is 11.9. The van der Waals surface area contributed by atoms with Gasteiger partial charge in [0.25, 0.3) is 0 Å². The van der Waals surface area contributed by atoms with Gasteiger partial charge in [-0.15, -0.1) is 0 Å². The summed E-state index contributed by atoms with van der Waals surface area (Å²) in [5.41, 5.74) is 9.91. The minimum absolute atomic E-state index is 0.265. The monoisotopic (exact) mass is 234 g/mol. The normalized spacial score (nSPS) is 11.6. The first-order valence-electron chi connectivity index (χ1n) is 6.34. The van der Waals surface area contributed by atoms with Gasteiger partial charge in [-0.25, -0.2) is 0 Å². The summed E-state index contributed by atoms with van der Waals surface area (Å²) in [6.07, 6.45) is 1.06. The molecule has 0 radical (unpaired) electrons. The van der Waals surface area contributed by atoms with Crippen molar-refractivity contribution in [2.45, 2.75) is 34.1 Å². The van der Waals surface area contributed by atoms with Crippen molar-refractivity contribution in [3.05, 3.63) is 29.3 Å². The number of benzene rings is 1. The van der Waals surface area contributed by atoms with Crippen LogP contribution in [0.2, 0.25) is 0 Å². The van der Waals surface area contributed by atoms with E-state index >= 15 is 0 Å². The molecule has 96 valence electrons. The number of hydrogen-bond acceptors (Lipinski definition) is 2. The van der Waals surface area contributed by atoms with Gasteiger partial charge >= 0.3 is 0 Å². The molecule has 0 atom stereocenters.